The molecule has 1 atom stereocenters. The molecule has 1 aromatic rings. The number of methoxy groups -OCH3 is 1. The minimum atomic E-state index is -1.09. The Balaban J connectivity index is 0.000000315. The van der Waals surface area contributed by atoms with Gasteiger partial charge in [-0.3, -0.25) is 9.78 Å². The number of rotatable bonds is 2. The van der Waals surface area contributed by atoms with Crippen LogP contribution >= 0.6 is 0 Å². The fourth-order valence-electron chi connectivity index (χ4n) is 0.610. The molecule has 16 heavy (non-hydrogen) atoms. The Labute approximate surface area is 93.3 Å². The van der Waals surface area contributed by atoms with E-state index in [0.29, 0.717) is 0 Å². The van der Waals surface area contributed by atoms with E-state index in [9.17, 15) is 9.59 Å². The molecule has 1 rings (SSSR count). The molecule has 0 bridgehead atoms. The number of carbonyl (C=O) groups excluding carboxylic acids is 1. The van der Waals surface area contributed by atoms with Gasteiger partial charge in [0.15, 0.2) is 0 Å². The number of alkyl carbamates (subject to hydrolysis) is 1. The Hall–Kier alpha value is -2.11. The van der Waals surface area contributed by atoms with Crippen LogP contribution in [-0.4, -0.2) is 35.3 Å². The molecular formula is C10H14N2O4. The van der Waals surface area contributed by atoms with Gasteiger partial charge in [0, 0.05) is 12.4 Å². The monoisotopic (exact) mass is 226 g/mol. The normalized spacial score (nSPS) is 10.4. The molecule has 1 unspecified atom stereocenters. The molecule has 0 saturated heterocycles. The first kappa shape index (κ1) is 13.9. The van der Waals surface area contributed by atoms with E-state index in [4.69, 9.17) is 5.11 Å². The highest BCUT2D eigenvalue weighted by Gasteiger charge is 2.12. The maximum absolute atomic E-state index is 10.3. The number of carbonyl (C=O) groups is 2. The van der Waals surface area contributed by atoms with Gasteiger partial charge in [-0.15, -0.1) is 0 Å². The molecule has 0 aliphatic rings. The molecule has 0 saturated carbocycles. The van der Waals surface area contributed by atoms with E-state index < -0.39 is 18.1 Å². The fraction of sp³-hybridized carbons (Fsp3) is 0.300. The maximum Gasteiger partial charge on any atom is 0.407 e. The molecular weight excluding hydrogens is 212 g/mol. The van der Waals surface area contributed by atoms with E-state index in [2.05, 4.69) is 15.0 Å². The lowest BCUT2D eigenvalue weighted by Crippen LogP contribution is -2.38. The average molecular weight is 226 g/mol. The summed E-state index contributed by atoms with van der Waals surface area (Å²) in [5.74, 6) is -1.09. The summed E-state index contributed by atoms with van der Waals surface area (Å²) in [6.45, 7) is 1.35. The zero-order valence-electron chi connectivity index (χ0n) is 9.08. The zero-order valence-corrected chi connectivity index (χ0v) is 9.08. The number of carboxylic acid groups (broad SMARTS) is 1. The van der Waals surface area contributed by atoms with Crippen LogP contribution in [-0.2, 0) is 9.53 Å². The lowest BCUT2D eigenvalue weighted by molar-refractivity contribution is -0.138. The van der Waals surface area contributed by atoms with Crippen molar-refractivity contribution in [3.63, 3.8) is 0 Å². The van der Waals surface area contributed by atoms with E-state index in [1.807, 2.05) is 18.2 Å². The second-order valence-corrected chi connectivity index (χ2v) is 2.72. The second kappa shape index (κ2) is 8.22. The van der Waals surface area contributed by atoms with Gasteiger partial charge >= 0.3 is 12.1 Å². The summed E-state index contributed by atoms with van der Waals surface area (Å²) in [5.41, 5.74) is 0. The summed E-state index contributed by atoms with van der Waals surface area (Å²) in [5, 5.41) is 10.3. The number of nitrogens with one attached hydrogen (secondary N) is 1. The second-order valence-electron chi connectivity index (χ2n) is 2.72. The number of aliphatic carboxylic acids is 1. The molecule has 0 aromatic carbocycles. The van der Waals surface area contributed by atoms with Crippen LogP contribution in [0, 0.1) is 0 Å². The molecule has 6 nitrogen and oxygen atoms in total. The predicted molar refractivity (Wildman–Crippen MR) is 56.9 cm³/mol. The topological polar surface area (TPSA) is 88.5 Å². The van der Waals surface area contributed by atoms with Crippen LogP contribution in [0.25, 0.3) is 0 Å². The smallest absolute Gasteiger partial charge is 0.407 e. The van der Waals surface area contributed by atoms with Crippen molar-refractivity contribution in [1.82, 2.24) is 10.3 Å². The van der Waals surface area contributed by atoms with Crippen LogP contribution in [0.2, 0.25) is 0 Å². The number of hydrogen-bond acceptors (Lipinski definition) is 4. The average Bonchev–Trinajstić information content (AvgIpc) is 2.31. The first-order valence-electron chi connectivity index (χ1n) is 4.50. The van der Waals surface area contributed by atoms with Gasteiger partial charge in [0.05, 0.1) is 7.11 Å². The number of amides is 1. The van der Waals surface area contributed by atoms with Crippen molar-refractivity contribution in [3.8, 4) is 0 Å². The van der Waals surface area contributed by atoms with Crippen molar-refractivity contribution in [2.24, 2.45) is 0 Å². The lowest BCUT2D eigenvalue weighted by Gasteiger charge is -2.06. The van der Waals surface area contributed by atoms with E-state index in [0.717, 1.165) is 0 Å². The fourth-order valence-corrected chi connectivity index (χ4v) is 0.610. The zero-order chi connectivity index (χ0) is 12.4. The number of pyridine rings is 1. The molecule has 88 valence electrons. The van der Waals surface area contributed by atoms with Gasteiger partial charge in [0.25, 0.3) is 0 Å². The Kier molecular flexibility index (Phi) is 7.14. The minimum Gasteiger partial charge on any atom is -0.480 e. The van der Waals surface area contributed by atoms with Crippen molar-refractivity contribution in [2.45, 2.75) is 13.0 Å². The largest absolute Gasteiger partial charge is 0.480 e. The first-order chi connectivity index (χ1) is 7.57. The highest BCUT2D eigenvalue weighted by atomic mass is 16.5. The Bertz CT molecular complexity index is 289. The molecule has 0 aliphatic heterocycles. The van der Waals surface area contributed by atoms with Crippen LogP contribution in [0.5, 0.6) is 0 Å². The molecule has 6 heteroatoms. The van der Waals surface area contributed by atoms with Gasteiger partial charge in [-0.1, -0.05) is 6.07 Å². The van der Waals surface area contributed by atoms with E-state index in [1.54, 1.807) is 12.4 Å². The minimum absolute atomic E-state index is 0.741. The molecule has 0 radical (unpaired) electrons. The molecule has 0 spiro atoms. The molecule has 2 N–H and O–H groups in total. The van der Waals surface area contributed by atoms with Crippen molar-refractivity contribution in [2.75, 3.05) is 7.11 Å². The lowest BCUT2D eigenvalue weighted by atomic mass is 10.4. The maximum atomic E-state index is 10.3. The molecule has 1 amide bonds. The number of ether oxygens (including phenoxy) is 1. The predicted octanol–water partition coefficient (Wildman–Crippen LogP) is 0.897. The molecule has 1 aromatic heterocycles. The van der Waals surface area contributed by atoms with Crippen molar-refractivity contribution < 1.29 is 19.4 Å². The third-order valence-electron chi connectivity index (χ3n) is 1.46. The van der Waals surface area contributed by atoms with Crippen molar-refractivity contribution in [1.29, 1.82) is 0 Å². The van der Waals surface area contributed by atoms with Gasteiger partial charge in [-0.25, -0.2) is 4.79 Å². The quantitative estimate of drug-likeness (QED) is 0.782. The van der Waals surface area contributed by atoms with Gasteiger partial charge < -0.3 is 15.2 Å². The van der Waals surface area contributed by atoms with Crippen LogP contribution in [0.3, 0.4) is 0 Å². The van der Waals surface area contributed by atoms with Crippen LogP contribution in [0.15, 0.2) is 30.6 Å². The third kappa shape index (κ3) is 7.31. The highest BCUT2D eigenvalue weighted by Crippen LogP contribution is 1.81. The first-order valence-corrected chi connectivity index (χ1v) is 4.50. The summed E-state index contributed by atoms with van der Waals surface area (Å²) >= 11 is 0. The summed E-state index contributed by atoms with van der Waals surface area (Å²) < 4.78 is 4.16. The SMILES string of the molecule is COC(=O)NC(C)C(=O)O.c1ccncc1. The molecule has 0 aliphatic carbocycles. The summed E-state index contributed by atoms with van der Waals surface area (Å²) in [7, 11) is 1.17. The van der Waals surface area contributed by atoms with Crippen molar-refractivity contribution in [3.05, 3.63) is 30.6 Å². The van der Waals surface area contributed by atoms with Crippen LogP contribution in [0.4, 0.5) is 4.79 Å². The van der Waals surface area contributed by atoms with Crippen LogP contribution in [0.1, 0.15) is 6.92 Å². The van der Waals surface area contributed by atoms with E-state index >= 15 is 0 Å². The Morgan fingerprint density at radius 3 is 2.12 bits per heavy atom. The highest BCUT2D eigenvalue weighted by molar-refractivity contribution is 5.79. The van der Waals surface area contributed by atoms with E-state index in [-0.39, 0.29) is 0 Å². The van der Waals surface area contributed by atoms with Crippen molar-refractivity contribution >= 4 is 12.1 Å². The summed E-state index contributed by atoms with van der Waals surface area (Å²) in [6, 6.07) is 4.81. The van der Waals surface area contributed by atoms with Gasteiger partial charge in [0.1, 0.15) is 6.04 Å². The number of carboxylic acids is 1. The van der Waals surface area contributed by atoms with Gasteiger partial charge in [0.2, 0.25) is 0 Å². The number of nitrogens with zero attached hydrogens (tertiary/aromatic N) is 1. The molecule has 1 heterocycles. The number of hydrogen-bond donors (Lipinski definition) is 2. The van der Waals surface area contributed by atoms with Crippen LogP contribution < -0.4 is 5.32 Å². The summed E-state index contributed by atoms with van der Waals surface area (Å²) in [6.07, 6.45) is 2.76. The van der Waals surface area contributed by atoms with E-state index in [1.165, 1.54) is 14.0 Å². The number of aromatic nitrogens is 1. The molecule has 0 fully saturated rings. The summed E-state index contributed by atoms with van der Waals surface area (Å²) in [4.78, 5) is 24.2. The van der Waals surface area contributed by atoms with Gasteiger partial charge in [-0.05, 0) is 19.1 Å². The Morgan fingerprint density at radius 2 is 1.88 bits per heavy atom. The third-order valence-corrected chi connectivity index (χ3v) is 1.46. The standard InChI is InChI=1S/C5H9NO4.C5H5N/c1-3(4(7)8)6-5(9)10-2;1-2-4-6-5-3-1/h3H,1-2H3,(H,6,9)(H,7,8);1-5H. The van der Waals surface area contributed by atoms with Gasteiger partial charge in [-0.2, -0.15) is 0 Å². The Morgan fingerprint density at radius 1 is 1.31 bits per heavy atom.